The average Bonchev–Trinajstić information content (AvgIpc) is 2.38. The summed E-state index contributed by atoms with van der Waals surface area (Å²) < 4.78 is 6.64. The second-order valence-electron chi connectivity index (χ2n) is 5.40. The predicted octanol–water partition coefficient (Wildman–Crippen LogP) is 4.94. The van der Waals surface area contributed by atoms with Crippen LogP contribution in [0, 0.1) is 27.7 Å². The molecule has 0 radical (unpaired) electrons. The Kier molecular flexibility index (Phi) is 4.84. The molecule has 0 aliphatic carbocycles. The molecule has 21 heavy (non-hydrogen) atoms. The summed E-state index contributed by atoms with van der Waals surface area (Å²) in [6, 6.07) is 9.87. The van der Waals surface area contributed by atoms with E-state index in [4.69, 9.17) is 4.74 Å². The van der Waals surface area contributed by atoms with Crippen molar-refractivity contribution in [2.75, 3.05) is 6.61 Å². The van der Waals surface area contributed by atoms with Crippen LogP contribution in [0.3, 0.4) is 0 Å². The summed E-state index contributed by atoms with van der Waals surface area (Å²) in [6.45, 7) is 8.00. The first-order chi connectivity index (χ1) is 9.88. The summed E-state index contributed by atoms with van der Waals surface area (Å²) in [4.78, 5) is 12.4. The Morgan fingerprint density at radius 2 is 1.62 bits per heavy atom. The van der Waals surface area contributed by atoms with Gasteiger partial charge in [-0.3, -0.25) is 4.79 Å². The number of hydrogen-bond donors (Lipinski definition) is 0. The lowest BCUT2D eigenvalue weighted by molar-refractivity contribution is 0.0920. The van der Waals surface area contributed by atoms with E-state index in [0.717, 1.165) is 32.5 Å². The number of Topliss-reactive ketones (excluding diaryl/α,β-unsaturated/α-hetero) is 1. The van der Waals surface area contributed by atoms with Crippen molar-refractivity contribution in [3.05, 3.63) is 62.6 Å². The van der Waals surface area contributed by atoms with E-state index in [1.807, 2.05) is 58.0 Å². The van der Waals surface area contributed by atoms with E-state index < -0.39 is 0 Å². The van der Waals surface area contributed by atoms with Crippen molar-refractivity contribution in [3.63, 3.8) is 0 Å². The Morgan fingerprint density at radius 3 is 2.24 bits per heavy atom. The van der Waals surface area contributed by atoms with Crippen LogP contribution in [0.5, 0.6) is 5.75 Å². The van der Waals surface area contributed by atoms with Crippen LogP contribution in [-0.4, -0.2) is 12.4 Å². The minimum atomic E-state index is 0.0179. The van der Waals surface area contributed by atoms with Crippen molar-refractivity contribution >= 4 is 21.7 Å². The molecular formula is C18H19BrO2. The standard InChI is InChI=1S/C18H19BrO2/c1-11-7-13(3)18(14(4)8-11)16(20)10-21-17-9-15(19)6-5-12(17)2/h5-9H,10H2,1-4H3. The highest BCUT2D eigenvalue weighted by Crippen LogP contribution is 2.23. The van der Waals surface area contributed by atoms with E-state index in [1.165, 1.54) is 5.56 Å². The molecule has 3 heteroatoms. The Morgan fingerprint density at radius 1 is 1.00 bits per heavy atom. The van der Waals surface area contributed by atoms with E-state index in [1.54, 1.807) is 0 Å². The predicted molar refractivity (Wildman–Crippen MR) is 89.4 cm³/mol. The molecule has 2 aromatic rings. The van der Waals surface area contributed by atoms with Crippen LogP contribution in [0.15, 0.2) is 34.8 Å². The van der Waals surface area contributed by atoms with Gasteiger partial charge in [0.2, 0.25) is 5.78 Å². The van der Waals surface area contributed by atoms with Gasteiger partial charge in [-0.2, -0.15) is 0 Å². The normalized spacial score (nSPS) is 10.5. The highest BCUT2D eigenvalue weighted by molar-refractivity contribution is 9.10. The van der Waals surface area contributed by atoms with Gasteiger partial charge in [-0.25, -0.2) is 0 Å². The molecule has 0 heterocycles. The van der Waals surface area contributed by atoms with Crippen LogP contribution >= 0.6 is 15.9 Å². The van der Waals surface area contributed by atoms with Crippen molar-refractivity contribution in [1.82, 2.24) is 0 Å². The first-order valence-electron chi connectivity index (χ1n) is 6.88. The zero-order chi connectivity index (χ0) is 15.6. The van der Waals surface area contributed by atoms with Crippen LogP contribution < -0.4 is 4.74 Å². The lowest BCUT2D eigenvalue weighted by Crippen LogP contribution is -2.15. The molecule has 2 nitrogen and oxygen atoms in total. The number of ketones is 1. The SMILES string of the molecule is Cc1cc(C)c(C(=O)COc2cc(Br)ccc2C)c(C)c1. The van der Waals surface area contributed by atoms with Crippen molar-refractivity contribution < 1.29 is 9.53 Å². The number of hydrogen-bond acceptors (Lipinski definition) is 2. The highest BCUT2D eigenvalue weighted by atomic mass is 79.9. The highest BCUT2D eigenvalue weighted by Gasteiger charge is 2.14. The van der Waals surface area contributed by atoms with Gasteiger partial charge in [0.05, 0.1) is 0 Å². The van der Waals surface area contributed by atoms with Gasteiger partial charge in [0, 0.05) is 10.0 Å². The van der Waals surface area contributed by atoms with Crippen LogP contribution in [0.1, 0.15) is 32.6 Å². The largest absolute Gasteiger partial charge is 0.485 e. The third-order valence-electron chi connectivity index (χ3n) is 3.46. The van der Waals surface area contributed by atoms with Gasteiger partial charge in [-0.1, -0.05) is 39.7 Å². The van der Waals surface area contributed by atoms with Crippen molar-refractivity contribution in [2.45, 2.75) is 27.7 Å². The van der Waals surface area contributed by atoms with Gasteiger partial charge in [-0.05, 0) is 56.5 Å². The van der Waals surface area contributed by atoms with E-state index in [2.05, 4.69) is 15.9 Å². The molecule has 0 bridgehead atoms. The minimum Gasteiger partial charge on any atom is -0.485 e. The van der Waals surface area contributed by atoms with Crippen molar-refractivity contribution in [1.29, 1.82) is 0 Å². The molecule has 0 N–H and O–H groups in total. The lowest BCUT2D eigenvalue weighted by Gasteiger charge is -2.12. The van der Waals surface area contributed by atoms with Crippen LogP contribution in [0.4, 0.5) is 0 Å². The van der Waals surface area contributed by atoms with E-state index in [-0.39, 0.29) is 12.4 Å². The smallest absolute Gasteiger partial charge is 0.200 e. The maximum Gasteiger partial charge on any atom is 0.200 e. The van der Waals surface area contributed by atoms with Crippen molar-refractivity contribution in [3.8, 4) is 5.75 Å². The van der Waals surface area contributed by atoms with Crippen LogP contribution in [0.25, 0.3) is 0 Å². The molecule has 0 aliphatic heterocycles. The molecule has 2 rings (SSSR count). The minimum absolute atomic E-state index is 0.0179. The van der Waals surface area contributed by atoms with Gasteiger partial charge >= 0.3 is 0 Å². The number of aryl methyl sites for hydroxylation is 4. The first kappa shape index (κ1) is 15.8. The summed E-state index contributed by atoms with van der Waals surface area (Å²) in [5.74, 6) is 0.754. The van der Waals surface area contributed by atoms with Crippen LogP contribution in [-0.2, 0) is 0 Å². The number of carbonyl (C=O) groups excluding carboxylic acids is 1. The molecule has 0 unspecified atom stereocenters. The maximum absolute atomic E-state index is 12.4. The molecule has 110 valence electrons. The second kappa shape index (κ2) is 6.44. The molecule has 0 fully saturated rings. The summed E-state index contributed by atoms with van der Waals surface area (Å²) >= 11 is 3.41. The Hall–Kier alpha value is -1.61. The topological polar surface area (TPSA) is 26.3 Å². The molecular weight excluding hydrogens is 328 g/mol. The molecule has 0 amide bonds. The number of halogens is 1. The summed E-state index contributed by atoms with van der Waals surface area (Å²) in [5, 5.41) is 0. The fraction of sp³-hybridized carbons (Fsp3) is 0.278. The number of benzene rings is 2. The zero-order valence-electron chi connectivity index (χ0n) is 12.8. The lowest BCUT2D eigenvalue weighted by atomic mass is 9.97. The summed E-state index contributed by atoms with van der Waals surface area (Å²) in [5.41, 5.74) is 4.97. The summed E-state index contributed by atoms with van der Waals surface area (Å²) in [6.07, 6.45) is 0. The molecule has 2 aromatic carbocycles. The Balaban J connectivity index is 2.18. The Labute approximate surface area is 134 Å². The summed E-state index contributed by atoms with van der Waals surface area (Å²) in [7, 11) is 0. The van der Waals surface area contributed by atoms with E-state index in [9.17, 15) is 4.79 Å². The monoisotopic (exact) mass is 346 g/mol. The van der Waals surface area contributed by atoms with Crippen LogP contribution in [0.2, 0.25) is 0 Å². The molecule has 0 saturated heterocycles. The number of carbonyl (C=O) groups is 1. The molecule has 0 aromatic heterocycles. The van der Waals surface area contributed by atoms with Crippen molar-refractivity contribution in [2.24, 2.45) is 0 Å². The second-order valence-corrected chi connectivity index (χ2v) is 6.31. The molecule has 0 spiro atoms. The third kappa shape index (κ3) is 3.73. The van der Waals surface area contributed by atoms with Gasteiger partial charge in [-0.15, -0.1) is 0 Å². The van der Waals surface area contributed by atoms with E-state index in [0.29, 0.717) is 0 Å². The average molecular weight is 347 g/mol. The fourth-order valence-electron chi connectivity index (χ4n) is 2.56. The van der Waals surface area contributed by atoms with Gasteiger partial charge in [0.25, 0.3) is 0 Å². The number of ether oxygens (including phenoxy) is 1. The third-order valence-corrected chi connectivity index (χ3v) is 3.96. The van der Waals surface area contributed by atoms with E-state index >= 15 is 0 Å². The molecule has 0 atom stereocenters. The van der Waals surface area contributed by atoms with Gasteiger partial charge < -0.3 is 4.74 Å². The zero-order valence-corrected chi connectivity index (χ0v) is 14.4. The Bertz CT molecular complexity index is 667. The maximum atomic E-state index is 12.4. The van der Waals surface area contributed by atoms with Gasteiger partial charge in [0.1, 0.15) is 5.75 Å². The molecule has 0 aliphatic rings. The first-order valence-corrected chi connectivity index (χ1v) is 7.68. The fourth-order valence-corrected chi connectivity index (χ4v) is 2.90. The molecule has 0 saturated carbocycles. The number of rotatable bonds is 4. The quantitative estimate of drug-likeness (QED) is 0.732. The van der Waals surface area contributed by atoms with Gasteiger partial charge in [0.15, 0.2) is 6.61 Å².